The zero-order valence-corrected chi connectivity index (χ0v) is 15.5. The Morgan fingerprint density at radius 3 is 2.33 bits per heavy atom. The SMILES string of the molecule is CCOS(=O)COc1ccc(S(=O)(=O)C(C)(C)C(=O)NOC)cc1. The van der Waals surface area contributed by atoms with E-state index < -0.39 is 31.6 Å². The van der Waals surface area contributed by atoms with Crippen LogP contribution in [0.4, 0.5) is 0 Å². The number of carbonyl (C=O) groups excluding carboxylic acids is 1. The molecule has 8 nitrogen and oxygen atoms in total. The molecule has 10 heteroatoms. The van der Waals surface area contributed by atoms with Gasteiger partial charge in [-0.3, -0.25) is 13.8 Å². The average Bonchev–Trinajstić information content (AvgIpc) is 2.53. The van der Waals surface area contributed by atoms with Crippen LogP contribution in [0.1, 0.15) is 20.8 Å². The first-order chi connectivity index (χ1) is 11.2. The zero-order valence-electron chi connectivity index (χ0n) is 13.9. The van der Waals surface area contributed by atoms with Crippen LogP contribution in [0.2, 0.25) is 0 Å². The van der Waals surface area contributed by atoms with Crippen molar-refractivity contribution in [3.63, 3.8) is 0 Å². The van der Waals surface area contributed by atoms with E-state index in [1.807, 2.05) is 5.48 Å². The van der Waals surface area contributed by atoms with E-state index in [1.165, 1.54) is 45.2 Å². The molecule has 1 rings (SSSR count). The van der Waals surface area contributed by atoms with Crippen LogP contribution < -0.4 is 10.2 Å². The highest BCUT2D eigenvalue weighted by molar-refractivity contribution is 7.93. The van der Waals surface area contributed by atoms with Crippen LogP contribution in [-0.4, -0.2) is 42.9 Å². The molecule has 1 atom stereocenters. The maximum absolute atomic E-state index is 12.6. The number of benzene rings is 1. The van der Waals surface area contributed by atoms with Gasteiger partial charge >= 0.3 is 0 Å². The van der Waals surface area contributed by atoms with E-state index in [-0.39, 0.29) is 10.8 Å². The fourth-order valence-corrected chi connectivity index (χ4v) is 3.56. The first-order valence-electron chi connectivity index (χ1n) is 6.99. The van der Waals surface area contributed by atoms with Crippen LogP contribution in [-0.2, 0) is 34.7 Å². The van der Waals surface area contributed by atoms with E-state index in [4.69, 9.17) is 8.92 Å². The average molecular weight is 379 g/mol. The molecular formula is C14H21NO7S2. The normalized spacial score (nSPS) is 13.3. The summed E-state index contributed by atoms with van der Waals surface area (Å²) in [5.74, 6) is -0.611. The minimum atomic E-state index is -3.95. The molecule has 0 spiro atoms. The van der Waals surface area contributed by atoms with E-state index in [2.05, 4.69) is 4.84 Å². The van der Waals surface area contributed by atoms with Crippen molar-refractivity contribution >= 4 is 26.8 Å². The number of rotatable bonds is 9. The first kappa shape index (κ1) is 20.6. The Labute approximate surface area is 144 Å². The lowest BCUT2D eigenvalue weighted by atomic mass is 10.2. The van der Waals surface area contributed by atoms with Crippen molar-refractivity contribution in [1.29, 1.82) is 0 Å². The lowest BCUT2D eigenvalue weighted by Gasteiger charge is -2.23. The smallest absolute Gasteiger partial charge is 0.264 e. The van der Waals surface area contributed by atoms with Crippen LogP contribution in [0.25, 0.3) is 0 Å². The second-order valence-electron chi connectivity index (χ2n) is 5.09. The van der Waals surface area contributed by atoms with Gasteiger partial charge in [-0.2, -0.15) is 0 Å². The molecule has 24 heavy (non-hydrogen) atoms. The maximum atomic E-state index is 12.6. The Kier molecular flexibility index (Phi) is 7.33. The van der Waals surface area contributed by atoms with Crippen molar-refractivity contribution < 1.29 is 31.2 Å². The predicted molar refractivity (Wildman–Crippen MR) is 88.1 cm³/mol. The summed E-state index contributed by atoms with van der Waals surface area (Å²) in [5, 5.41) is 0. The Morgan fingerprint density at radius 1 is 1.25 bits per heavy atom. The number of hydrogen-bond acceptors (Lipinski definition) is 7. The van der Waals surface area contributed by atoms with Gasteiger partial charge in [0, 0.05) is 0 Å². The molecule has 0 saturated carbocycles. The van der Waals surface area contributed by atoms with Crippen LogP contribution in [0.3, 0.4) is 0 Å². The molecule has 0 aliphatic rings. The monoisotopic (exact) mass is 379 g/mol. The summed E-state index contributed by atoms with van der Waals surface area (Å²) in [5.41, 5.74) is 2.03. The number of hydrogen-bond donors (Lipinski definition) is 1. The molecule has 0 aliphatic heterocycles. The molecule has 0 bridgehead atoms. The second kappa shape index (κ2) is 8.56. The highest BCUT2D eigenvalue weighted by Gasteiger charge is 2.43. The minimum Gasteiger partial charge on any atom is -0.478 e. The number of nitrogens with one attached hydrogen (secondary N) is 1. The Morgan fingerprint density at radius 2 is 1.83 bits per heavy atom. The molecule has 1 aromatic rings. The van der Waals surface area contributed by atoms with Gasteiger partial charge in [0.05, 0.1) is 18.6 Å². The molecule has 136 valence electrons. The van der Waals surface area contributed by atoms with Gasteiger partial charge in [-0.15, -0.1) is 0 Å². The van der Waals surface area contributed by atoms with Gasteiger partial charge in [0.15, 0.2) is 31.6 Å². The highest BCUT2D eigenvalue weighted by Crippen LogP contribution is 2.27. The molecule has 1 unspecified atom stereocenters. The summed E-state index contributed by atoms with van der Waals surface area (Å²) in [6, 6.07) is 5.47. The minimum absolute atomic E-state index is 0.0444. The van der Waals surface area contributed by atoms with Crippen LogP contribution in [0.5, 0.6) is 5.75 Å². The van der Waals surface area contributed by atoms with Crippen molar-refractivity contribution in [3.8, 4) is 5.75 Å². The van der Waals surface area contributed by atoms with Crippen molar-refractivity contribution in [2.24, 2.45) is 0 Å². The molecule has 0 fully saturated rings. The lowest BCUT2D eigenvalue weighted by molar-refractivity contribution is -0.133. The van der Waals surface area contributed by atoms with Gasteiger partial charge in [0.2, 0.25) is 0 Å². The van der Waals surface area contributed by atoms with Crippen LogP contribution in [0.15, 0.2) is 29.2 Å². The van der Waals surface area contributed by atoms with E-state index >= 15 is 0 Å². The summed E-state index contributed by atoms with van der Waals surface area (Å²) in [4.78, 5) is 16.3. The van der Waals surface area contributed by atoms with Gasteiger partial charge in [-0.25, -0.2) is 18.1 Å². The first-order valence-corrected chi connectivity index (χ1v) is 9.72. The lowest BCUT2D eigenvalue weighted by Crippen LogP contribution is -2.47. The molecular weight excluding hydrogens is 358 g/mol. The molecule has 0 radical (unpaired) electrons. The van der Waals surface area contributed by atoms with Crippen LogP contribution in [0, 0.1) is 0 Å². The number of sulfone groups is 1. The van der Waals surface area contributed by atoms with Crippen molar-refractivity contribution in [2.75, 3.05) is 19.7 Å². The van der Waals surface area contributed by atoms with E-state index in [1.54, 1.807) is 6.92 Å². The molecule has 1 aromatic carbocycles. The van der Waals surface area contributed by atoms with Crippen molar-refractivity contribution in [2.45, 2.75) is 30.4 Å². The highest BCUT2D eigenvalue weighted by atomic mass is 32.2. The maximum Gasteiger partial charge on any atom is 0.264 e. The van der Waals surface area contributed by atoms with E-state index in [0.29, 0.717) is 12.4 Å². The molecule has 0 saturated heterocycles. The van der Waals surface area contributed by atoms with Crippen molar-refractivity contribution in [1.82, 2.24) is 5.48 Å². The standard InChI is InChI=1S/C14H21NO7S2/c1-5-22-23(17)10-21-11-6-8-12(9-7-11)24(18,19)14(2,3)13(16)15-20-4/h6-9H,5,10H2,1-4H3,(H,15,16). The third-order valence-corrected chi connectivity index (χ3v) is 6.35. The third kappa shape index (κ3) is 4.76. The zero-order chi connectivity index (χ0) is 18.4. The summed E-state index contributed by atoms with van der Waals surface area (Å²) in [6.07, 6.45) is 0. The fraction of sp³-hybridized carbons (Fsp3) is 0.500. The van der Waals surface area contributed by atoms with Gasteiger partial charge in [0.25, 0.3) is 5.91 Å². The van der Waals surface area contributed by atoms with Gasteiger partial charge in [-0.1, -0.05) is 0 Å². The summed E-state index contributed by atoms with van der Waals surface area (Å²) in [7, 11) is -2.73. The van der Waals surface area contributed by atoms with Gasteiger partial charge < -0.3 is 4.74 Å². The summed E-state index contributed by atoms with van der Waals surface area (Å²) in [6.45, 7) is 4.57. The number of amides is 1. The third-order valence-electron chi connectivity index (χ3n) is 3.12. The number of carbonyl (C=O) groups is 1. The largest absolute Gasteiger partial charge is 0.478 e. The number of hydroxylamine groups is 1. The molecule has 0 aliphatic carbocycles. The Balaban J connectivity index is 2.91. The summed E-state index contributed by atoms with van der Waals surface area (Å²) >= 11 is -1.57. The Bertz CT molecular complexity index is 684. The molecule has 1 amide bonds. The van der Waals surface area contributed by atoms with E-state index in [9.17, 15) is 17.4 Å². The fourth-order valence-electron chi connectivity index (χ4n) is 1.63. The van der Waals surface area contributed by atoms with E-state index in [0.717, 1.165) is 0 Å². The molecule has 0 heterocycles. The molecule has 1 N–H and O–H groups in total. The predicted octanol–water partition coefficient (Wildman–Crippen LogP) is 0.953. The second-order valence-corrected chi connectivity index (χ2v) is 8.67. The topological polar surface area (TPSA) is 108 Å². The number of ether oxygens (including phenoxy) is 1. The van der Waals surface area contributed by atoms with Gasteiger partial charge in [-0.05, 0) is 45.0 Å². The van der Waals surface area contributed by atoms with Gasteiger partial charge in [0.1, 0.15) is 5.75 Å². The van der Waals surface area contributed by atoms with Crippen molar-refractivity contribution in [3.05, 3.63) is 24.3 Å². The molecule has 0 aromatic heterocycles. The Hall–Kier alpha value is -1.49. The quantitative estimate of drug-likeness (QED) is 0.637. The summed E-state index contributed by atoms with van der Waals surface area (Å²) < 4.78 is 44.9. The van der Waals surface area contributed by atoms with Crippen LogP contribution >= 0.6 is 0 Å².